The molecule has 18 heavy (non-hydrogen) atoms. The SMILES string of the molecule is Cc1cscc1CNCCC(C)c1ccccc1. The van der Waals surface area contributed by atoms with Crippen molar-refractivity contribution in [1.29, 1.82) is 0 Å². The van der Waals surface area contributed by atoms with Crippen LogP contribution in [0.3, 0.4) is 0 Å². The molecule has 0 fully saturated rings. The minimum atomic E-state index is 0.627. The van der Waals surface area contributed by atoms with Crippen LogP contribution in [-0.2, 0) is 6.54 Å². The first kappa shape index (κ1) is 13.3. The highest BCUT2D eigenvalue weighted by molar-refractivity contribution is 7.08. The number of hydrogen-bond donors (Lipinski definition) is 1. The molecule has 1 nitrogen and oxygen atoms in total. The molecule has 96 valence electrons. The van der Waals surface area contributed by atoms with E-state index in [1.165, 1.54) is 23.1 Å². The maximum atomic E-state index is 3.54. The average Bonchev–Trinajstić information content (AvgIpc) is 2.81. The molecule has 0 aliphatic heterocycles. The smallest absolute Gasteiger partial charge is 0.0216 e. The molecule has 1 N–H and O–H groups in total. The Morgan fingerprint density at radius 2 is 1.94 bits per heavy atom. The van der Waals surface area contributed by atoms with Crippen molar-refractivity contribution in [2.75, 3.05) is 6.54 Å². The predicted octanol–water partition coefficient (Wildman–Crippen LogP) is 4.34. The number of thiophene rings is 1. The van der Waals surface area contributed by atoms with Crippen molar-refractivity contribution in [2.24, 2.45) is 0 Å². The van der Waals surface area contributed by atoms with E-state index < -0.39 is 0 Å². The summed E-state index contributed by atoms with van der Waals surface area (Å²) in [7, 11) is 0. The third-order valence-electron chi connectivity index (χ3n) is 3.40. The van der Waals surface area contributed by atoms with Gasteiger partial charge in [-0.15, -0.1) is 0 Å². The Labute approximate surface area is 114 Å². The molecular formula is C16H21NS. The Morgan fingerprint density at radius 3 is 2.61 bits per heavy atom. The Hall–Kier alpha value is -1.12. The molecule has 1 aromatic carbocycles. The fourth-order valence-corrected chi connectivity index (χ4v) is 2.91. The summed E-state index contributed by atoms with van der Waals surface area (Å²) in [5, 5.41) is 7.99. The minimum Gasteiger partial charge on any atom is -0.313 e. The summed E-state index contributed by atoms with van der Waals surface area (Å²) in [4.78, 5) is 0. The summed E-state index contributed by atoms with van der Waals surface area (Å²) in [6.45, 7) is 6.55. The van der Waals surface area contributed by atoms with Gasteiger partial charge in [0, 0.05) is 6.54 Å². The zero-order chi connectivity index (χ0) is 12.8. The van der Waals surface area contributed by atoms with E-state index in [1.54, 1.807) is 11.3 Å². The Kier molecular flexibility index (Phi) is 4.97. The lowest BCUT2D eigenvalue weighted by Crippen LogP contribution is -2.16. The summed E-state index contributed by atoms with van der Waals surface area (Å²) < 4.78 is 0. The highest BCUT2D eigenvalue weighted by Gasteiger charge is 2.04. The predicted molar refractivity (Wildman–Crippen MR) is 80.2 cm³/mol. The third-order valence-corrected chi connectivity index (χ3v) is 4.31. The normalized spacial score (nSPS) is 12.6. The average molecular weight is 259 g/mol. The highest BCUT2D eigenvalue weighted by Crippen LogP contribution is 2.18. The Balaban J connectivity index is 1.71. The molecule has 0 aliphatic rings. The van der Waals surface area contributed by atoms with Crippen LogP contribution in [0.4, 0.5) is 0 Å². The summed E-state index contributed by atoms with van der Waals surface area (Å²) in [5.41, 5.74) is 4.28. The summed E-state index contributed by atoms with van der Waals surface area (Å²) in [5.74, 6) is 0.627. The molecule has 2 rings (SSSR count). The zero-order valence-corrected chi connectivity index (χ0v) is 12.0. The van der Waals surface area contributed by atoms with Gasteiger partial charge in [-0.3, -0.25) is 0 Å². The van der Waals surface area contributed by atoms with Crippen molar-refractivity contribution >= 4 is 11.3 Å². The van der Waals surface area contributed by atoms with Gasteiger partial charge in [0.2, 0.25) is 0 Å². The van der Waals surface area contributed by atoms with Gasteiger partial charge in [-0.2, -0.15) is 11.3 Å². The lowest BCUT2D eigenvalue weighted by atomic mass is 9.98. The number of benzene rings is 1. The van der Waals surface area contributed by atoms with Gasteiger partial charge in [0.1, 0.15) is 0 Å². The first-order chi connectivity index (χ1) is 8.77. The van der Waals surface area contributed by atoms with Crippen LogP contribution in [0.25, 0.3) is 0 Å². The molecule has 0 spiro atoms. The molecule has 2 heteroatoms. The zero-order valence-electron chi connectivity index (χ0n) is 11.1. The third kappa shape index (κ3) is 3.69. The summed E-state index contributed by atoms with van der Waals surface area (Å²) >= 11 is 1.79. The van der Waals surface area contributed by atoms with Crippen molar-refractivity contribution in [2.45, 2.75) is 32.7 Å². The molecule has 1 atom stereocenters. The maximum Gasteiger partial charge on any atom is 0.0216 e. The number of nitrogens with one attached hydrogen (secondary N) is 1. The second-order valence-corrected chi connectivity index (χ2v) is 5.60. The Morgan fingerprint density at radius 1 is 1.17 bits per heavy atom. The van der Waals surface area contributed by atoms with Gasteiger partial charge in [-0.25, -0.2) is 0 Å². The van der Waals surface area contributed by atoms with Crippen LogP contribution in [0.1, 0.15) is 36.0 Å². The van der Waals surface area contributed by atoms with E-state index in [-0.39, 0.29) is 0 Å². The van der Waals surface area contributed by atoms with Gasteiger partial charge < -0.3 is 5.32 Å². The summed E-state index contributed by atoms with van der Waals surface area (Å²) in [6.07, 6.45) is 1.19. The molecule has 2 aromatic rings. The van der Waals surface area contributed by atoms with Crippen LogP contribution < -0.4 is 5.32 Å². The minimum absolute atomic E-state index is 0.627. The van der Waals surface area contributed by atoms with E-state index in [9.17, 15) is 0 Å². The lowest BCUT2D eigenvalue weighted by Gasteiger charge is -2.12. The molecule has 0 amide bonds. The number of hydrogen-bond acceptors (Lipinski definition) is 2. The van der Waals surface area contributed by atoms with E-state index in [1.807, 2.05) is 0 Å². The second kappa shape index (κ2) is 6.72. The van der Waals surface area contributed by atoms with Crippen molar-refractivity contribution in [1.82, 2.24) is 5.32 Å². The van der Waals surface area contributed by atoms with Crippen LogP contribution in [0, 0.1) is 6.92 Å². The van der Waals surface area contributed by atoms with E-state index in [0.717, 1.165) is 13.1 Å². The van der Waals surface area contributed by atoms with Crippen molar-refractivity contribution in [3.63, 3.8) is 0 Å². The van der Waals surface area contributed by atoms with E-state index in [0.29, 0.717) is 5.92 Å². The van der Waals surface area contributed by atoms with Crippen LogP contribution in [0.15, 0.2) is 41.1 Å². The molecular weight excluding hydrogens is 238 g/mol. The van der Waals surface area contributed by atoms with E-state index in [4.69, 9.17) is 0 Å². The number of rotatable bonds is 6. The van der Waals surface area contributed by atoms with Crippen molar-refractivity contribution in [3.8, 4) is 0 Å². The van der Waals surface area contributed by atoms with Gasteiger partial charge in [-0.1, -0.05) is 37.3 Å². The quantitative estimate of drug-likeness (QED) is 0.761. The van der Waals surface area contributed by atoms with Gasteiger partial charge >= 0.3 is 0 Å². The molecule has 0 saturated heterocycles. The molecule has 0 aliphatic carbocycles. The van der Waals surface area contributed by atoms with Crippen LogP contribution in [0.5, 0.6) is 0 Å². The first-order valence-electron chi connectivity index (χ1n) is 6.54. The van der Waals surface area contributed by atoms with Gasteiger partial charge in [-0.05, 0) is 53.3 Å². The van der Waals surface area contributed by atoms with Crippen LogP contribution in [0.2, 0.25) is 0 Å². The molecule has 0 bridgehead atoms. The fraction of sp³-hybridized carbons (Fsp3) is 0.375. The number of aryl methyl sites for hydroxylation is 1. The first-order valence-corrected chi connectivity index (χ1v) is 7.49. The van der Waals surface area contributed by atoms with Gasteiger partial charge in [0.25, 0.3) is 0 Å². The van der Waals surface area contributed by atoms with Crippen molar-refractivity contribution < 1.29 is 0 Å². The molecule has 1 aromatic heterocycles. The van der Waals surface area contributed by atoms with E-state index >= 15 is 0 Å². The monoisotopic (exact) mass is 259 g/mol. The van der Waals surface area contributed by atoms with Crippen LogP contribution >= 0.6 is 11.3 Å². The lowest BCUT2D eigenvalue weighted by molar-refractivity contribution is 0.594. The topological polar surface area (TPSA) is 12.0 Å². The van der Waals surface area contributed by atoms with E-state index in [2.05, 4.69) is 60.3 Å². The fourth-order valence-electron chi connectivity index (χ4n) is 2.06. The van der Waals surface area contributed by atoms with Crippen LogP contribution in [-0.4, -0.2) is 6.54 Å². The second-order valence-electron chi connectivity index (χ2n) is 4.86. The maximum absolute atomic E-state index is 3.54. The molecule has 0 radical (unpaired) electrons. The van der Waals surface area contributed by atoms with Gasteiger partial charge in [0.15, 0.2) is 0 Å². The standard InChI is InChI=1S/C16H21NS/c1-13(15-6-4-3-5-7-15)8-9-17-10-16-12-18-11-14(16)2/h3-7,11-13,17H,8-10H2,1-2H3. The highest BCUT2D eigenvalue weighted by atomic mass is 32.1. The van der Waals surface area contributed by atoms with Gasteiger partial charge in [0.05, 0.1) is 0 Å². The molecule has 0 saturated carbocycles. The Bertz CT molecular complexity index is 461. The largest absolute Gasteiger partial charge is 0.313 e. The van der Waals surface area contributed by atoms with Crippen molar-refractivity contribution in [3.05, 3.63) is 57.8 Å². The summed E-state index contributed by atoms with van der Waals surface area (Å²) in [6, 6.07) is 10.7. The molecule has 1 heterocycles. The molecule has 1 unspecified atom stereocenters.